The maximum Gasteiger partial charge on any atom is 0.280 e. The first-order valence-corrected chi connectivity index (χ1v) is 10.1. The highest BCUT2D eigenvalue weighted by Crippen LogP contribution is 2.36. The second-order valence-electron chi connectivity index (χ2n) is 6.79. The molecule has 144 valence electrons. The summed E-state index contributed by atoms with van der Waals surface area (Å²) in [5, 5.41) is 5.76. The molecule has 0 spiro atoms. The van der Waals surface area contributed by atoms with Gasteiger partial charge in [-0.15, -0.1) is 0 Å². The number of anilines is 1. The largest absolute Gasteiger partial charge is 0.308 e. The van der Waals surface area contributed by atoms with E-state index in [1.54, 1.807) is 4.90 Å². The van der Waals surface area contributed by atoms with Gasteiger partial charge in [0.2, 0.25) is 0 Å². The lowest BCUT2D eigenvalue weighted by Gasteiger charge is -2.21. The van der Waals surface area contributed by atoms with E-state index >= 15 is 0 Å². The molecule has 2 heterocycles. The minimum absolute atomic E-state index is 0.139. The van der Waals surface area contributed by atoms with Gasteiger partial charge in [-0.2, -0.15) is 5.10 Å². The first kappa shape index (κ1) is 19.8. The molecular weight excluding hydrogens is 382 g/mol. The maximum atomic E-state index is 13.3. The monoisotopic (exact) mass is 405 g/mol. The van der Waals surface area contributed by atoms with Crippen molar-refractivity contribution in [1.29, 1.82) is 0 Å². The van der Waals surface area contributed by atoms with Crippen LogP contribution in [-0.4, -0.2) is 52.8 Å². The Morgan fingerprint density at radius 2 is 2.00 bits per heavy atom. The number of fused-ring (bicyclic) bond motifs is 1. The zero-order valence-corrected chi connectivity index (χ0v) is 17.9. The van der Waals surface area contributed by atoms with Crippen LogP contribution in [0, 0.1) is 13.8 Å². The SMILES string of the molecule is CCn1nc(C(=O)N(CCN(C)C)c2nc3c(C)ccc(Cl)c3s2)cc1C. The number of hydrogen-bond donors (Lipinski definition) is 0. The van der Waals surface area contributed by atoms with Crippen molar-refractivity contribution in [1.82, 2.24) is 19.7 Å². The Labute approximate surface area is 168 Å². The van der Waals surface area contributed by atoms with Crippen LogP contribution in [0.1, 0.15) is 28.7 Å². The number of likely N-dealkylation sites (N-methyl/N-ethyl adjacent to an activating group) is 1. The number of aromatic nitrogens is 3. The van der Waals surface area contributed by atoms with Crippen LogP contribution in [0.5, 0.6) is 0 Å². The number of carbonyl (C=O) groups is 1. The van der Waals surface area contributed by atoms with Gasteiger partial charge in [-0.3, -0.25) is 14.4 Å². The molecule has 0 fully saturated rings. The maximum absolute atomic E-state index is 13.3. The smallest absolute Gasteiger partial charge is 0.280 e. The molecule has 3 rings (SSSR count). The van der Waals surface area contributed by atoms with Crippen molar-refractivity contribution >= 4 is 44.2 Å². The molecular formula is C19H24ClN5OS. The number of aryl methyl sites for hydroxylation is 3. The second-order valence-corrected chi connectivity index (χ2v) is 8.17. The zero-order chi connectivity index (χ0) is 19.7. The summed E-state index contributed by atoms with van der Waals surface area (Å²) in [5.41, 5.74) is 3.30. The number of carbonyl (C=O) groups excluding carboxylic acids is 1. The van der Waals surface area contributed by atoms with Crippen molar-refractivity contribution in [2.75, 3.05) is 32.1 Å². The molecule has 0 N–H and O–H groups in total. The van der Waals surface area contributed by atoms with E-state index in [0.717, 1.165) is 34.6 Å². The highest BCUT2D eigenvalue weighted by atomic mass is 35.5. The van der Waals surface area contributed by atoms with Crippen molar-refractivity contribution in [2.45, 2.75) is 27.3 Å². The summed E-state index contributed by atoms with van der Waals surface area (Å²) in [6, 6.07) is 5.66. The Kier molecular flexibility index (Phi) is 5.83. The van der Waals surface area contributed by atoms with Gasteiger partial charge < -0.3 is 4.90 Å². The van der Waals surface area contributed by atoms with Crippen molar-refractivity contribution in [2.24, 2.45) is 0 Å². The van der Waals surface area contributed by atoms with Gasteiger partial charge in [0, 0.05) is 25.3 Å². The van der Waals surface area contributed by atoms with Crippen LogP contribution in [0.15, 0.2) is 18.2 Å². The standard InChI is InChI=1S/C19H24ClN5OS/c1-6-25-13(3)11-15(22-25)18(26)24(10-9-23(4)5)19-21-16-12(2)7-8-14(20)17(16)27-19/h7-8,11H,6,9-10H2,1-5H3. The first-order valence-electron chi connectivity index (χ1n) is 8.88. The van der Waals surface area contributed by atoms with Crippen LogP contribution in [-0.2, 0) is 6.54 Å². The normalized spacial score (nSPS) is 11.5. The van der Waals surface area contributed by atoms with E-state index in [2.05, 4.69) is 5.10 Å². The number of halogens is 1. The second kappa shape index (κ2) is 7.96. The molecule has 27 heavy (non-hydrogen) atoms. The molecule has 6 nitrogen and oxygen atoms in total. The predicted octanol–water partition coefficient (Wildman–Crippen LogP) is 3.99. The molecule has 1 amide bonds. The number of hydrogen-bond acceptors (Lipinski definition) is 5. The van der Waals surface area contributed by atoms with Crippen LogP contribution >= 0.6 is 22.9 Å². The molecule has 0 saturated heterocycles. The van der Waals surface area contributed by atoms with Gasteiger partial charge in [0.25, 0.3) is 5.91 Å². The van der Waals surface area contributed by atoms with Gasteiger partial charge in [-0.25, -0.2) is 4.98 Å². The number of benzene rings is 1. The zero-order valence-electron chi connectivity index (χ0n) is 16.3. The van der Waals surface area contributed by atoms with E-state index in [0.29, 0.717) is 22.4 Å². The van der Waals surface area contributed by atoms with E-state index in [1.165, 1.54) is 11.3 Å². The Bertz CT molecular complexity index is 939. The van der Waals surface area contributed by atoms with Crippen LogP contribution < -0.4 is 4.90 Å². The fourth-order valence-corrected chi connectivity index (χ4v) is 4.20. The third kappa shape index (κ3) is 4.00. The summed E-state index contributed by atoms with van der Waals surface area (Å²) in [5.74, 6) is -0.139. The summed E-state index contributed by atoms with van der Waals surface area (Å²) in [6.07, 6.45) is 0. The molecule has 0 radical (unpaired) electrons. The Morgan fingerprint density at radius 1 is 1.26 bits per heavy atom. The fraction of sp³-hybridized carbons (Fsp3) is 0.421. The Hall–Kier alpha value is -1.96. The lowest BCUT2D eigenvalue weighted by molar-refractivity contribution is 0.0979. The molecule has 0 aliphatic carbocycles. The van der Waals surface area contributed by atoms with Crippen molar-refractivity contribution in [3.8, 4) is 0 Å². The number of thiazole rings is 1. The van der Waals surface area contributed by atoms with E-state index in [-0.39, 0.29) is 5.91 Å². The third-order valence-electron chi connectivity index (χ3n) is 4.43. The van der Waals surface area contributed by atoms with E-state index in [4.69, 9.17) is 16.6 Å². The van der Waals surface area contributed by atoms with E-state index in [1.807, 2.05) is 62.6 Å². The van der Waals surface area contributed by atoms with Crippen LogP contribution in [0.4, 0.5) is 5.13 Å². The van der Waals surface area contributed by atoms with Gasteiger partial charge >= 0.3 is 0 Å². The van der Waals surface area contributed by atoms with Gasteiger partial charge in [-0.05, 0) is 52.6 Å². The van der Waals surface area contributed by atoms with Gasteiger partial charge in [0.05, 0.1) is 15.2 Å². The molecule has 1 aromatic carbocycles. The molecule has 0 aliphatic rings. The summed E-state index contributed by atoms with van der Waals surface area (Å²) in [7, 11) is 3.97. The highest BCUT2D eigenvalue weighted by Gasteiger charge is 2.24. The fourth-order valence-electron chi connectivity index (χ4n) is 2.86. The average molecular weight is 406 g/mol. The molecule has 0 bridgehead atoms. The Morgan fingerprint density at radius 3 is 2.59 bits per heavy atom. The molecule has 8 heteroatoms. The molecule has 0 unspecified atom stereocenters. The highest BCUT2D eigenvalue weighted by molar-refractivity contribution is 7.23. The summed E-state index contributed by atoms with van der Waals surface area (Å²) < 4.78 is 2.74. The Balaban J connectivity index is 2.04. The van der Waals surface area contributed by atoms with Crippen LogP contribution in [0.25, 0.3) is 10.2 Å². The summed E-state index contributed by atoms with van der Waals surface area (Å²) in [6.45, 7) is 7.95. The third-order valence-corrected chi connectivity index (χ3v) is 5.97. The molecule has 0 atom stereocenters. The number of rotatable bonds is 6. The minimum Gasteiger partial charge on any atom is -0.308 e. The predicted molar refractivity (Wildman–Crippen MR) is 112 cm³/mol. The van der Waals surface area contributed by atoms with Crippen molar-refractivity contribution < 1.29 is 4.79 Å². The van der Waals surface area contributed by atoms with Crippen LogP contribution in [0.3, 0.4) is 0 Å². The quantitative estimate of drug-likeness (QED) is 0.622. The van der Waals surface area contributed by atoms with Gasteiger partial charge in [0.1, 0.15) is 0 Å². The minimum atomic E-state index is -0.139. The molecule has 3 aromatic rings. The van der Waals surface area contributed by atoms with E-state index in [9.17, 15) is 4.79 Å². The molecule has 0 aliphatic heterocycles. The van der Waals surface area contributed by atoms with Gasteiger partial charge in [-0.1, -0.05) is 29.0 Å². The topological polar surface area (TPSA) is 54.3 Å². The van der Waals surface area contributed by atoms with Crippen molar-refractivity contribution in [3.05, 3.63) is 40.2 Å². The van der Waals surface area contributed by atoms with Gasteiger partial charge in [0.15, 0.2) is 10.8 Å². The lowest BCUT2D eigenvalue weighted by Crippen LogP contribution is -2.37. The summed E-state index contributed by atoms with van der Waals surface area (Å²) >= 11 is 7.80. The number of amides is 1. The lowest BCUT2D eigenvalue weighted by atomic mass is 10.2. The molecule has 0 saturated carbocycles. The first-order chi connectivity index (χ1) is 12.8. The van der Waals surface area contributed by atoms with Crippen LogP contribution in [0.2, 0.25) is 5.02 Å². The summed E-state index contributed by atoms with van der Waals surface area (Å²) in [4.78, 5) is 21.7. The average Bonchev–Trinajstić information content (AvgIpc) is 3.22. The van der Waals surface area contributed by atoms with Crippen molar-refractivity contribution in [3.63, 3.8) is 0 Å². The van der Waals surface area contributed by atoms with E-state index < -0.39 is 0 Å². The number of nitrogens with zero attached hydrogens (tertiary/aromatic N) is 5. The molecule has 2 aromatic heterocycles.